The highest BCUT2D eigenvalue weighted by Crippen LogP contribution is 2.27. The molecule has 4 aromatic rings. The summed E-state index contributed by atoms with van der Waals surface area (Å²) >= 11 is 0. The Kier molecular flexibility index (Phi) is 15.4. The third-order valence-corrected chi connectivity index (χ3v) is 9.24. The summed E-state index contributed by atoms with van der Waals surface area (Å²) in [5.41, 5.74) is 0.745. The lowest BCUT2D eigenvalue weighted by molar-refractivity contribution is -0.118. The molecular weight excluding hydrogens is 616 g/mol. The summed E-state index contributed by atoms with van der Waals surface area (Å²) in [7, 11) is 1.52. The fraction of sp³-hybridized carbons (Fsp3) is 0.500. The van der Waals surface area contributed by atoms with Crippen molar-refractivity contribution < 1.29 is 19.4 Å². The number of nitrogens with zero attached hydrogens (tertiary/aromatic N) is 3. The van der Waals surface area contributed by atoms with E-state index in [0.29, 0.717) is 28.9 Å². The number of benzene rings is 2. The number of fused-ring (bicyclic) bond motifs is 1. The van der Waals surface area contributed by atoms with Crippen molar-refractivity contribution in [3.63, 3.8) is 0 Å². The topological polar surface area (TPSA) is 115 Å². The van der Waals surface area contributed by atoms with Crippen LogP contribution in [0, 0.1) is 0 Å². The van der Waals surface area contributed by atoms with Gasteiger partial charge in [-0.15, -0.1) is 0 Å². The standard InChI is InChI=1S/C40H54N4O5/c1-3-4-5-6-7-8-9-10-11-12-13-14-15-16-17-22-28-44-37(41-33-24-19-18-23-32(33)39(44)46)36(43-29-27-31(30-43)40(47)48)38(45)42-34-25-20-21-26-35(34)49-2/h18-21,23-27,29-30,36H,3-17,22,28H2,1-2H3,(H,42,45)(H,47,48). The fourth-order valence-electron chi connectivity index (χ4n) is 6.46. The third kappa shape index (κ3) is 11.1. The second-order valence-corrected chi connectivity index (χ2v) is 13.0. The number of carboxylic acid groups (broad SMARTS) is 1. The zero-order chi connectivity index (χ0) is 34.8. The summed E-state index contributed by atoms with van der Waals surface area (Å²) in [6.45, 7) is 2.66. The van der Waals surface area contributed by atoms with Crippen LogP contribution in [0.5, 0.6) is 5.75 Å². The number of methoxy groups -OCH3 is 1. The van der Waals surface area contributed by atoms with Crippen LogP contribution in [0.25, 0.3) is 10.9 Å². The molecule has 0 fully saturated rings. The van der Waals surface area contributed by atoms with Crippen LogP contribution < -0.4 is 15.6 Å². The van der Waals surface area contributed by atoms with Crippen molar-refractivity contribution in [2.24, 2.45) is 0 Å². The molecule has 0 radical (unpaired) electrons. The van der Waals surface area contributed by atoms with Crippen molar-refractivity contribution in [2.45, 2.75) is 122 Å². The van der Waals surface area contributed by atoms with Crippen molar-refractivity contribution in [1.29, 1.82) is 0 Å². The lowest BCUT2D eigenvalue weighted by Crippen LogP contribution is -2.35. The number of hydrogen-bond donors (Lipinski definition) is 2. The molecule has 0 saturated carbocycles. The molecule has 1 atom stereocenters. The van der Waals surface area contributed by atoms with E-state index in [1.165, 1.54) is 114 Å². The van der Waals surface area contributed by atoms with E-state index in [4.69, 9.17) is 9.72 Å². The van der Waals surface area contributed by atoms with Gasteiger partial charge in [-0.1, -0.05) is 128 Å². The molecule has 2 heterocycles. The van der Waals surface area contributed by atoms with Crippen molar-refractivity contribution in [1.82, 2.24) is 14.1 Å². The molecule has 264 valence electrons. The number of anilines is 1. The van der Waals surface area contributed by atoms with Gasteiger partial charge in [0.05, 0.1) is 29.3 Å². The number of hydrogen-bond acceptors (Lipinski definition) is 5. The lowest BCUT2D eigenvalue weighted by atomic mass is 10.0. The molecule has 9 nitrogen and oxygen atoms in total. The first-order valence-corrected chi connectivity index (χ1v) is 18.3. The van der Waals surface area contributed by atoms with Crippen LogP contribution in [0.3, 0.4) is 0 Å². The summed E-state index contributed by atoms with van der Waals surface area (Å²) in [6.07, 6.45) is 23.0. The van der Waals surface area contributed by atoms with E-state index in [0.717, 1.165) is 19.3 Å². The van der Waals surface area contributed by atoms with Gasteiger partial charge in [-0.3, -0.25) is 14.2 Å². The van der Waals surface area contributed by atoms with Gasteiger partial charge in [0.25, 0.3) is 11.5 Å². The number of aromatic carboxylic acids is 1. The number of carbonyl (C=O) groups is 2. The Morgan fingerprint density at radius 1 is 0.796 bits per heavy atom. The first-order chi connectivity index (χ1) is 23.9. The molecule has 9 heteroatoms. The highest BCUT2D eigenvalue weighted by molar-refractivity contribution is 5.97. The minimum Gasteiger partial charge on any atom is -0.495 e. The average Bonchev–Trinajstić information content (AvgIpc) is 3.60. The molecule has 4 rings (SSSR count). The van der Waals surface area contributed by atoms with Gasteiger partial charge in [0.2, 0.25) is 0 Å². The van der Waals surface area contributed by atoms with Gasteiger partial charge >= 0.3 is 5.97 Å². The van der Waals surface area contributed by atoms with E-state index in [2.05, 4.69) is 12.2 Å². The second kappa shape index (κ2) is 20.2. The Labute approximate surface area is 290 Å². The summed E-state index contributed by atoms with van der Waals surface area (Å²) in [6, 6.07) is 14.5. The van der Waals surface area contributed by atoms with Gasteiger partial charge in [0.15, 0.2) is 6.04 Å². The highest BCUT2D eigenvalue weighted by atomic mass is 16.5. The smallest absolute Gasteiger partial charge is 0.337 e. The Hall–Kier alpha value is -4.40. The molecule has 2 N–H and O–H groups in total. The molecule has 0 spiro atoms. The number of nitrogens with one attached hydrogen (secondary N) is 1. The number of unbranched alkanes of at least 4 members (excludes halogenated alkanes) is 15. The molecule has 2 aromatic heterocycles. The summed E-state index contributed by atoms with van der Waals surface area (Å²) in [5, 5.41) is 13.0. The van der Waals surface area contributed by atoms with Crippen LogP contribution in [0.2, 0.25) is 0 Å². The molecule has 49 heavy (non-hydrogen) atoms. The summed E-state index contributed by atoms with van der Waals surface area (Å²) in [5.74, 6) is -0.852. The predicted octanol–water partition coefficient (Wildman–Crippen LogP) is 9.39. The van der Waals surface area contributed by atoms with Crippen LogP contribution in [0.15, 0.2) is 71.8 Å². The molecule has 0 aliphatic heterocycles. The number of aromatic nitrogens is 3. The van der Waals surface area contributed by atoms with E-state index in [1.54, 1.807) is 53.1 Å². The van der Waals surface area contributed by atoms with Crippen LogP contribution in [0.4, 0.5) is 5.69 Å². The van der Waals surface area contributed by atoms with Gasteiger partial charge < -0.3 is 19.7 Å². The monoisotopic (exact) mass is 670 g/mol. The molecule has 0 aliphatic carbocycles. The van der Waals surface area contributed by atoms with Crippen molar-refractivity contribution in [3.8, 4) is 5.75 Å². The predicted molar refractivity (Wildman–Crippen MR) is 197 cm³/mol. The van der Waals surface area contributed by atoms with E-state index >= 15 is 0 Å². The molecule has 1 amide bonds. The maximum absolute atomic E-state index is 14.1. The van der Waals surface area contributed by atoms with E-state index in [-0.39, 0.29) is 16.9 Å². The van der Waals surface area contributed by atoms with Crippen LogP contribution in [-0.4, -0.2) is 38.2 Å². The molecule has 0 bridgehead atoms. The zero-order valence-corrected chi connectivity index (χ0v) is 29.4. The Morgan fingerprint density at radius 2 is 1.37 bits per heavy atom. The van der Waals surface area contributed by atoms with Crippen LogP contribution in [0.1, 0.15) is 132 Å². The SMILES string of the molecule is CCCCCCCCCCCCCCCCCCn1c(C(C(=O)Nc2ccccc2OC)n2ccc(C(=O)O)c2)nc2ccccc2c1=O. The van der Waals surface area contributed by atoms with Gasteiger partial charge in [-0.05, 0) is 36.8 Å². The molecule has 2 aromatic carbocycles. The zero-order valence-electron chi connectivity index (χ0n) is 29.4. The Balaban J connectivity index is 1.41. The normalized spacial score (nSPS) is 11.9. The Bertz CT molecular complexity index is 1680. The van der Waals surface area contributed by atoms with Gasteiger partial charge in [-0.2, -0.15) is 0 Å². The minimum absolute atomic E-state index is 0.0302. The first kappa shape index (κ1) is 37.4. The van der Waals surface area contributed by atoms with Crippen molar-refractivity contribution in [3.05, 3.63) is 88.7 Å². The van der Waals surface area contributed by atoms with Gasteiger partial charge in [-0.25, -0.2) is 9.78 Å². The number of amides is 1. The van der Waals surface area contributed by atoms with Gasteiger partial charge in [0, 0.05) is 18.9 Å². The maximum atomic E-state index is 14.1. The Morgan fingerprint density at radius 3 is 1.96 bits per heavy atom. The number of carbonyl (C=O) groups excluding carboxylic acids is 1. The minimum atomic E-state index is -1.11. The summed E-state index contributed by atoms with van der Waals surface area (Å²) < 4.78 is 8.55. The lowest BCUT2D eigenvalue weighted by Gasteiger charge is -2.23. The molecule has 0 saturated heterocycles. The second-order valence-electron chi connectivity index (χ2n) is 13.0. The van der Waals surface area contributed by atoms with Gasteiger partial charge in [0.1, 0.15) is 11.6 Å². The molecule has 1 unspecified atom stereocenters. The number of para-hydroxylation sites is 3. The van der Waals surface area contributed by atoms with Crippen LogP contribution >= 0.6 is 0 Å². The molecular formula is C40H54N4O5. The summed E-state index contributed by atoms with van der Waals surface area (Å²) in [4.78, 5) is 44.7. The number of rotatable bonds is 23. The quantitative estimate of drug-likeness (QED) is 0.0760. The van der Waals surface area contributed by atoms with Crippen molar-refractivity contribution in [2.75, 3.05) is 12.4 Å². The molecule has 0 aliphatic rings. The fourth-order valence-corrected chi connectivity index (χ4v) is 6.46. The highest BCUT2D eigenvalue weighted by Gasteiger charge is 2.29. The van der Waals surface area contributed by atoms with E-state index < -0.39 is 17.9 Å². The largest absolute Gasteiger partial charge is 0.495 e. The van der Waals surface area contributed by atoms with Crippen molar-refractivity contribution >= 4 is 28.5 Å². The van der Waals surface area contributed by atoms with Crippen LogP contribution in [-0.2, 0) is 11.3 Å². The van der Waals surface area contributed by atoms with E-state index in [1.807, 2.05) is 0 Å². The third-order valence-electron chi connectivity index (χ3n) is 9.24. The van der Waals surface area contributed by atoms with E-state index in [9.17, 15) is 19.5 Å². The maximum Gasteiger partial charge on any atom is 0.337 e. The number of carboxylic acids is 1. The average molecular weight is 671 g/mol. The number of ether oxygens (including phenoxy) is 1. The first-order valence-electron chi connectivity index (χ1n) is 18.3.